The van der Waals surface area contributed by atoms with Crippen LogP contribution >= 0.6 is 0 Å². The Bertz CT molecular complexity index is 1350. The number of anilines is 1. The van der Waals surface area contributed by atoms with Crippen molar-refractivity contribution in [1.82, 2.24) is 14.1 Å². The Hall–Kier alpha value is -3.83. The maximum atomic E-state index is 12.7. The number of carbonyl (C=O) groups excluding carboxylic acids is 2. The first-order valence-corrected chi connectivity index (χ1v) is 12.4. The molecule has 2 aromatic carbocycles. The Balaban J connectivity index is 1.63. The number of aromatic nitrogens is 2. The van der Waals surface area contributed by atoms with Crippen LogP contribution in [-0.4, -0.2) is 54.1 Å². The highest BCUT2D eigenvalue weighted by Crippen LogP contribution is 2.19. The molecule has 0 bridgehead atoms. The van der Waals surface area contributed by atoms with Crippen molar-refractivity contribution in [3.8, 4) is 0 Å². The van der Waals surface area contributed by atoms with Gasteiger partial charge in [-0.15, -0.1) is 0 Å². The number of nitrogens with zero attached hydrogens (tertiary/aromatic N) is 3. The van der Waals surface area contributed by atoms with Gasteiger partial charge in [-0.2, -0.15) is 9.40 Å². The second-order valence-electron chi connectivity index (χ2n) is 7.44. The maximum absolute atomic E-state index is 12.7. The number of carbonyl (C=O) groups is 2. The van der Waals surface area contributed by atoms with Crippen molar-refractivity contribution in [2.24, 2.45) is 0 Å². The minimum Gasteiger partial charge on any atom is -0.451 e. The van der Waals surface area contributed by atoms with Gasteiger partial charge in [0.2, 0.25) is 10.0 Å². The summed E-state index contributed by atoms with van der Waals surface area (Å²) in [6.45, 7) is 3.67. The van der Waals surface area contributed by atoms with Gasteiger partial charge in [0.15, 0.2) is 12.3 Å². The van der Waals surface area contributed by atoms with Gasteiger partial charge in [0.25, 0.3) is 11.5 Å². The fraction of sp³-hybridized carbons (Fsp3) is 0.250. The van der Waals surface area contributed by atoms with Gasteiger partial charge >= 0.3 is 5.97 Å². The summed E-state index contributed by atoms with van der Waals surface area (Å²) < 4.78 is 32.8. The predicted octanol–water partition coefficient (Wildman–Crippen LogP) is 2.12. The zero-order valence-corrected chi connectivity index (χ0v) is 20.2. The Morgan fingerprint density at radius 3 is 2.40 bits per heavy atom. The molecular formula is C24H26N4O6S. The summed E-state index contributed by atoms with van der Waals surface area (Å²) in [6, 6.07) is 17.4. The van der Waals surface area contributed by atoms with E-state index in [9.17, 15) is 22.8 Å². The molecule has 0 aliphatic heterocycles. The minimum atomic E-state index is -3.69. The largest absolute Gasteiger partial charge is 0.451 e. The molecule has 3 aromatic rings. The van der Waals surface area contributed by atoms with E-state index in [4.69, 9.17) is 4.74 Å². The summed E-state index contributed by atoms with van der Waals surface area (Å²) in [4.78, 5) is 36.8. The first kappa shape index (κ1) is 25.8. The van der Waals surface area contributed by atoms with Gasteiger partial charge in [-0.05, 0) is 29.8 Å². The van der Waals surface area contributed by atoms with Crippen molar-refractivity contribution in [2.75, 3.05) is 25.0 Å². The lowest BCUT2D eigenvalue weighted by Gasteiger charge is -2.18. The van der Waals surface area contributed by atoms with Crippen molar-refractivity contribution in [3.05, 3.63) is 88.3 Å². The molecule has 0 atom stereocenters. The minimum absolute atomic E-state index is 0.0425. The molecule has 184 valence electrons. The summed E-state index contributed by atoms with van der Waals surface area (Å²) in [6.07, 6.45) is 0. The van der Waals surface area contributed by atoms with Crippen molar-refractivity contribution < 1.29 is 22.7 Å². The fourth-order valence-corrected chi connectivity index (χ4v) is 4.78. The Morgan fingerprint density at radius 1 is 1.00 bits per heavy atom. The fourth-order valence-electron chi connectivity index (χ4n) is 3.28. The van der Waals surface area contributed by atoms with Crippen LogP contribution in [0.15, 0.2) is 76.4 Å². The second-order valence-corrected chi connectivity index (χ2v) is 9.38. The Morgan fingerprint density at radius 2 is 1.71 bits per heavy atom. The van der Waals surface area contributed by atoms with Gasteiger partial charge in [-0.25, -0.2) is 17.9 Å². The van der Waals surface area contributed by atoms with Crippen LogP contribution in [0.3, 0.4) is 0 Å². The van der Waals surface area contributed by atoms with Crippen molar-refractivity contribution >= 4 is 27.6 Å². The van der Waals surface area contributed by atoms with E-state index in [0.717, 1.165) is 10.2 Å². The van der Waals surface area contributed by atoms with E-state index >= 15 is 0 Å². The number of sulfonamides is 1. The predicted molar refractivity (Wildman–Crippen MR) is 130 cm³/mol. The molecule has 35 heavy (non-hydrogen) atoms. The van der Waals surface area contributed by atoms with E-state index < -0.39 is 28.5 Å². The molecular weight excluding hydrogens is 472 g/mol. The smallest absolute Gasteiger partial charge is 0.359 e. The third-order valence-electron chi connectivity index (χ3n) is 5.05. The highest BCUT2D eigenvalue weighted by atomic mass is 32.2. The standard InChI is InChI=1S/C24H26N4O6S/c1-3-27(4-2)35(32,33)20-12-8-11-19(15-20)25-22(29)17-34-24(31)21-13-14-23(30)28(26-21)16-18-9-6-5-7-10-18/h5-15H,3-4,16-17H2,1-2H3,(H,25,29). The molecule has 1 aromatic heterocycles. The van der Waals surface area contributed by atoms with Gasteiger partial charge in [0, 0.05) is 24.8 Å². The maximum Gasteiger partial charge on any atom is 0.359 e. The average Bonchev–Trinajstić information content (AvgIpc) is 2.85. The lowest BCUT2D eigenvalue weighted by atomic mass is 10.2. The molecule has 0 radical (unpaired) electrons. The Kier molecular flexibility index (Phi) is 8.50. The molecule has 0 unspecified atom stereocenters. The molecule has 0 aliphatic rings. The lowest BCUT2D eigenvalue weighted by molar-refractivity contribution is -0.119. The summed E-state index contributed by atoms with van der Waals surface area (Å²) in [7, 11) is -3.69. The van der Waals surface area contributed by atoms with Crippen molar-refractivity contribution in [2.45, 2.75) is 25.3 Å². The molecule has 0 saturated heterocycles. The molecule has 0 fully saturated rings. The molecule has 0 aliphatic carbocycles. The van der Waals surface area contributed by atoms with Crippen LogP contribution in [-0.2, 0) is 26.1 Å². The normalized spacial score (nSPS) is 11.3. The average molecular weight is 499 g/mol. The molecule has 10 nitrogen and oxygen atoms in total. The van der Waals surface area contributed by atoms with E-state index in [1.54, 1.807) is 13.8 Å². The van der Waals surface area contributed by atoms with E-state index in [1.807, 2.05) is 30.3 Å². The van der Waals surface area contributed by atoms with Crippen LogP contribution in [0.2, 0.25) is 0 Å². The monoisotopic (exact) mass is 498 g/mol. The number of hydrogen-bond donors (Lipinski definition) is 1. The molecule has 1 heterocycles. The number of amides is 1. The third kappa shape index (κ3) is 6.61. The van der Waals surface area contributed by atoms with E-state index in [-0.39, 0.29) is 28.4 Å². The summed E-state index contributed by atoms with van der Waals surface area (Å²) in [5.41, 5.74) is 0.564. The number of nitrogens with one attached hydrogen (secondary N) is 1. The zero-order valence-electron chi connectivity index (χ0n) is 19.4. The summed E-state index contributed by atoms with van der Waals surface area (Å²) in [5, 5.41) is 6.54. The first-order valence-electron chi connectivity index (χ1n) is 10.9. The van der Waals surface area contributed by atoms with Gasteiger partial charge in [-0.1, -0.05) is 50.2 Å². The van der Waals surface area contributed by atoms with Crippen molar-refractivity contribution in [1.29, 1.82) is 0 Å². The quantitative estimate of drug-likeness (QED) is 0.424. The highest BCUT2D eigenvalue weighted by molar-refractivity contribution is 7.89. The van der Waals surface area contributed by atoms with Crippen LogP contribution in [0, 0.1) is 0 Å². The van der Waals surface area contributed by atoms with Crippen LogP contribution in [0.4, 0.5) is 5.69 Å². The second kappa shape index (κ2) is 11.5. The number of hydrogen-bond acceptors (Lipinski definition) is 7. The number of benzene rings is 2. The van der Waals surface area contributed by atoms with Gasteiger partial charge in [0.1, 0.15) is 0 Å². The van der Waals surface area contributed by atoms with E-state index in [1.165, 1.54) is 40.7 Å². The van der Waals surface area contributed by atoms with Gasteiger partial charge in [0.05, 0.1) is 11.4 Å². The number of ether oxygens (including phenoxy) is 1. The SMILES string of the molecule is CCN(CC)S(=O)(=O)c1cccc(NC(=O)COC(=O)c2ccc(=O)n(Cc3ccccc3)n2)c1. The highest BCUT2D eigenvalue weighted by Gasteiger charge is 2.22. The molecule has 0 saturated carbocycles. The Labute approximate surface area is 203 Å². The van der Waals surface area contributed by atoms with Crippen molar-refractivity contribution in [3.63, 3.8) is 0 Å². The summed E-state index contributed by atoms with van der Waals surface area (Å²) >= 11 is 0. The topological polar surface area (TPSA) is 128 Å². The van der Waals surface area contributed by atoms with Crippen LogP contribution in [0.1, 0.15) is 29.9 Å². The van der Waals surface area contributed by atoms with Crippen LogP contribution in [0.5, 0.6) is 0 Å². The molecule has 11 heteroatoms. The first-order chi connectivity index (χ1) is 16.7. The van der Waals surface area contributed by atoms with Gasteiger partial charge < -0.3 is 10.1 Å². The zero-order chi connectivity index (χ0) is 25.4. The molecule has 1 amide bonds. The van der Waals surface area contributed by atoms with E-state index in [0.29, 0.717) is 13.1 Å². The lowest BCUT2D eigenvalue weighted by Crippen LogP contribution is -2.30. The van der Waals surface area contributed by atoms with Gasteiger partial charge in [-0.3, -0.25) is 9.59 Å². The number of esters is 1. The van der Waals surface area contributed by atoms with Crippen LogP contribution < -0.4 is 10.9 Å². The molecule has 3 rings (SSSR count). The molecule has 1 N–H and O–H groups in total. The summed E-state index contributed by atoms with van der Waals surface area (Å²) in [5.74, 6) is -1.53. The van der Waals surface area contributed by atoms with Crippen LogP contribution in [0.25, 0.3) is 0 Å². The van der Waals surface area contributed by atoms with E-state index in [2.05, 4.69) is 10.4 Å². The molecule has 0 spiro atoms. The number of rotatable bonds is 10. The third-order valence-corrected chi connectivity index (χ3v) is 7.09.